The molecule has 9 nitrogen and oxygen atoms in total. The summed E-state index contributed by atoms with van der Waals surface area (Å²) < 4.78 is 27.5. The third kappa shape index (κ3) is 4.51. The number of nitrogens with two attached hydrogens (primary N) is 1. The van der Waals surface area contributed by atoms with Gasteiger partial charge in [-0.15, -0.1) is 0 Å². The molecule has 1 fully saturated rings. The van der Waals surface area contributed by atoms with Crippen LogP contribution in [-0.2, 0) is 17.1 Å². The summed E-state index contributed by atoms with van der Waals surface area (Å²) in [7, 11) is -1.83. The average molecular weight is 392 g/mol. The molecule has 1 saturated heterocycles. The van der Waals surface area contributed by atoms with Gasteiger partial charge in [-0.05, 0) is 37.5 Å². The Morgan fingerprint density at radius 1 is 1.15 bits per heavy atom. The molecule has 0 unspecified atom stereocenters. The number of nitrogens with zero attached hydrogens (tertiary/aromatic N) is 3. The van der Waals surface area contributed by atoms with E-state index >= 15 is 0 Å². The van der Waals surface area contributed by atoms with Crippen LogP contribution < -0.4 is 15.8 Å². The molecule has 0 spiro atoms. The Labute approximate surface area is 158 Å². The molecule has 1 amide bonds. The molecule has 27 heavy (non-hydrogen) atoms. The fourth-order valence-corrected chi connectivity index (χ4v) is 3.61. The minimum absolute atomic E-state index is 0.0984. The minimum atomic E-state index is -3.53. The van der Waals surface area contributed by atoms with E-state index in [4.69, 9.17) is 5.73 Å². The van der Waals surface area contributed by atoms with Gasteiger partial charge in [-0.3, -0.25) is 14.2 Å². The zero-order valence-electron chi connectivity index (χ0n) is 15.4. The molecule has 2 heterocycles. The van der Waals surface area contributed by atoms with Crippen LogP contribution in [0.2, 0.25) is 0 Å². The Bertz CT molecular complexity index is 948. The second kappa shape index (κ2) is 7.47. The van der Waals surface area contributed by atoms with Gasteiger partial charge in [0.15, 0.2) is 0 Å². The summed E-state index contributed by atoms with van der Waals surface area (Å²) in [6.45, 7) is 1.44. The van der Waals surface area contributed by atoms with Crippen LogP contribution in [0.3, 0.4) is 0 Å². The van der Waals surface area contributed by atoms with E-state index in [-0.39, 0.29) is 11.6 Å². The fraction of sp³-hybridized carbons (Fsp3) is 0.412. The van der Waals surface area contributed by atoms with Gasteiger partial charge < -0.3 is 16.0 Å². The number of aryl methyl sites for hydroxylation is 1. The van der Waals surface area contributed by atoms with E-state index in [0.717, 1.165) is 38.6 Å². The Morgan fingerprint density at radius 3 is 2.44 bits per heavy atom. The first-order valence-corrected chi connectivity index (χ1v) is 10.6. The van der Waals surface area contributed by atoms with Crippen molar-refractivity contribution in [3.8, 4) is 0 Å². The van der Waals surface area contributed by atoms with Gasteiger partial charge >= 0.3 is 0 Å². The molecular formula is C17H24N6O3S. The second-order valence-electron chi connectivity index (χ2n) is 6.68. The van der Waals surface area contributed by atoms with Crippen LogP contribution in [0, 0.1) is 0 Å². The first-order valence-electron chi connectivity index (χ1n) is 8.70. The molecular weight excluding hydrogens is 368 g/mol. The quantitative estimate of drug-likeness (QED) is 0.712. The first kappa shape index (κ1) is 19.0. The van der Waals surface area contributed by atoms with Gasteiger partial charge in [0.2, 0.25) is 10.0 Å². The monoisotopic (exact) mass is 392 g/mol. The highest BCUT2D eigenvalue weighted by Gasteiger charge is 2.20. The number of hydrogen-bond donors (Lipinski definition) is 3. The number of rotatable bonds is 5. The summed E-state index contributed by atoms with van der Waals surface area (Å²) in [5, 5.41) is 7.12. The third-order valence-electron chi connectivity index (χ3n) is 4.46. The van der Waals surface area contributed by atoms with Gasteiger partial charge in [0.1, 0.15) is 11.5 Å². The van der Waals surface area contributed by atoms with Crippen molar-refractivity contribution >= 4 is 38.8 Å². The smallest absolute Gasteiger partial charge is 0.253 e. The van der Waals surface area contributed by atoms with Crippen molar-refractivity contribution in [3.05, 3.63) is 30.0 Å². The number of likely N-dealkylation sites (tertiary alicyclic amines) is 1. The van der Waals surface area contributed by atoms with E-state index in [1.54, 1.807) is 36.3 Å². The predicted molar refractivity (Wildman–Crippen MR) is 106 cm³/mol. The maximum atomic E-state index is 12.7. The van der Waals surface area contributed by atoms with Gasteiger partial charge in [-0.25, -0.2) is 8.42 Å². The summed E-state index contributed by atoms with van der Waals surface area (Å²) in [5.41, 5.74) is 7.69. The van der Waals surface area contributed by atoms with Crippen molar-refractivity contribution in [1.29, 1.82) is 0 Å². The largest absolute Gasteiger partial charge is 0.382 e. The predicted octanol–water partition coefficient (Wildman–Crippen LogP) is 1.74. The maximum absolute atomic E-state index is 12.7. The molecule has 1 aromatic carbocycles. The van der Waals surface area contributed by atoms with Crippen LogP contribution in [0.15, 0.2) is 24.4 Å². The molecule has 146 valence electrons. The van der Waals surface area contributed by atoms with Crippen molar-refractivity contribution < 1.29 is 13.2 Å². The molecule has 1 aliphatic rings. The maximum Gasteiger partial charge on any atom is 0.253 e. The number of piperidine rings is 1. The average Bonchev–Trinajstić information content (AvgIpc) is 2.94. The zero-order valence-corrected chi connectivity index (χ0v) is 16.2. The van der Waals surface area contributed by atoms with Crippen LogP contribution in [0.1, 0.15) is 29.6 Å². The molecule has 10 heteroatoms. The fourth-order valence-electron chi connectivity index (χ4n) is 3.04. The summed E-state index contributed by atoms with van der Waals surface area (Å²) >= 11 is 0. The van der Waals surface area contributed by atoms with E-state index in [2.05, 4.69) is 15.1 Å². The molecule has 0 bridgehead atoms. The molecule has 4 N–H and O–H groups in total. The highest BCUT2D eigenvalue weighted by molar-refractivity contribution is 7.92. The van der Waals surface area contributed by atoms with Crippen LogP contribution in [0.25, 0.3) is 0 Å². The molecule has 0 aliphatic carbocycles. The lowest BCUT2D eigenvalue weighted by atomic mass is 10.1. The highest BCUT2D eigenvalue weighted by atomic mass is 32.2. The molecule has 0 atom stereocenters. The summed E-state index contributed by atoms with van der Waals surface area (Å²) in [6.07, 6.45) is 5.71. The molecule has 2 aromatic rings. The number of carbonyl (C=O) groups excluding carboxylic acids is 1. The van der Waals surface area contributed by atoms with Crippen LogP contribution in [-0.4, -0.2) is 48.4 Å². The Balaban J connectivity index is 1.93. The number of nitrogens with one attached hydrogen (secondary N) is 2. The van der Waals surface area contributed by atoms with Crippen LogP contribution >= 0.6 is 0 Å². The van der Waals surface area contributed by atoms with E-state index in [1.807, 2.05) is 0 Å². The van der Waals surface area contributed by atoms with Crippen molar-refractivity contribution in [2.75, 3.05) is 35.1 Å². The van der Waals surface area contributed by atoms with Crippen molar-refractivity contribution in [2.45, 2.75) is 19.3 Å². The SMILES string of the molecule is Cn1ncc(Nc2ccc(C(=O)N3CCCCC3)cc2NS(C)(=O)=O)c1N. The lowest BCUT2D eigenvalue weighted by Crippen LogP contribution is -2.35. The van der Waals surface area contributed by atoms with Crippen molar-refractivity contribution in [3.63, 3.8) is 0 Å². The topological polar surface area (TPSA) is 122 Å². The Hall–Kier alpha value is -2.75. The Kier molecular flexibility index (Phi) is 5.26. The number of benzene rings is 1. The van der Waals surface area contributed by atoms with E-state index < -0.39 is 10.0 Å². The minimum Gasteiger partial charge on any atom is -0.382 e. The molecule has 1 aliphatic heterocycles. The van der Waals surface area contributed by atoms with Crippen molar-refractivity contribution in [1.82, 2.24) is 14.7 Å². The first-order chi connectivity index (χ1) is 12.7. The molecule has 3 rings (SSSR count). The van der Waals surface area contributed by atoms with Gasteiger partial charge in [0.05, 0.1) is 23.8 Å². The number of sulfonamides is 1. The van der Waals surface area contributed by atoms with Crippen LogP contribution in [0.5, 0.6) is 0 Å². The van der Waals surface area contributed by atoms with Gasteiger partial charge in [-0.2, -0.15) is 5.10 Å². The van der Waals surface area contributed by atoms with Gasteiger partial charge in [0, 0.05) is 25.7 Å². The summed E-state index contributed by atoms with van der Waals surface area (Å²) in [5.74, 6) is 0.312. The molecule has 1 aromatic heterocycles. The third-order valence-corrected chi connectivity index (χ3v) is 5.05. The number of amides is 1. The number of nitrogen functional groups attached to an aromatic ring is 1. The lowest BCUT2D eigenvalue weighted by Gasteiger charge is -2.27. The second-order valence-corrected chi connectivity index (χ2v) is 8.43. The number of anilines is 4. The number of aromatic nitrogens is 2. The number of hydrogen-bond acceptors (Lipinski definition) is 6. The summed E-state index contributed by atoms with van der Waals surface area (Å²) in [6, 6.07) is 4.89. The van der Waals surface area contributed by atoms with Gasteiger partial charge in [-0.1, -0.05) is 0 Å². The van der Waals surface area contributed by atoms with E-state index in [9.17, 15) is 13.2 Å². The van der Waals surface area contributed by atoms with E-state index in [0.29, 0.717) is 22.8 Å². The summed E-state index contributed by atoms with van der Waals surface area (Å²) in [4.78, 5) is 14.5. The molecule has 0 radical (unpaired) electrons. The van der Waals surface area contributed by atoms with Crippen LogP contribution in [0.4, 0.5) is 22.9 Å². The van der Waals surface area contributed by atoms with Gasteiger partial charge in [0.25, 0.3) is 5.91 Å². The number of carbonyl (C=O) groups is 1. The Morgan fingerprint density at radius 2 is 1.85 bits per heavy atom. The normalized spacial score (nSPS) is 14.8. The highest BCUT2D eigenvalue weighted by Crippen LogP contribution is 2.30. The zero-order chi connectivity index (χ0) is 19.6. The lowest BCUT2D eigenvalue weighted by molar-refractivity contribution is 0.0724. The molecule has 0 saturated carbocycles. The van der Waals surface area contributed by atoms with E-state index in [1.165, 1.54) is 4.68 Å². The standard InChI is InChI=1S/C17H24N6O3S/c1-22-16(18)15(11-19-22)20-13-7-6-12(10-14(13)21-27(2,25)26)17(24)23-8-4-3-5-9-23/h6-7,10-11,20-21H,3-5,8-9,18H2,1-2H3. The van der Waals surface area contributed by atoms with Crippen molar-refractivity contribution in [2.24, 2.45) is 7.05 Å².